The van der Waals surface area contributed by atoms with Gasteiger partial charge in [0.25, 0.3) is 11.8 Å². The summed E-state index contributed by atoms with van der Waals surface area (Å²) >= 11 is 5.97. The number of hydrogen-bond donors (Lipinski definition) is 4. The van der Waals surface area contributed by atoms with Crippen LogP contribution in [-0.4, -0.2) is 137 Å². The van der Waals surface area contributed by atoms with Gasteiger partial charge in [-0.15, -0.1) is 0 Å². The molecule has 17 nitrogen and oxygen atoms in total. The second-order valence-corrected chi connectivity index (χ2v) is 16.9. The number of methoxy groups -OCH3 is 1. The maximum atomic E-state index is 13.7. The number of carbonyl (C=O) groups excluding carboxylic acids is 6. The van der Waals surface area contributed by atoms with Gasteiger partial charge in [-0.3, -0.25) is 48.8 Å². The maximum Gasteiger partial charge on any atom is 0.264 e. The summed E-state index contributed by atoms with van der Waals surface area (Å²) in [7, 11) is 1.51. The molecule has 1 unspecified atom stereocenters. The summed E-state index contributed by atoms with van der Waals surface area (Å²) in [5.41, 5.74) is 2.50. The van der Waals surface area contributed by atoms with Crippen molar-refractivity contribution in [1.29, 1.82) is 0 Å². The number of carbonyl (C=O) groups is 6. The minimum absolute atomic E-state index is 0.0266. The number of halogens is 2. The van der Waals surface area contributed by atoms with Crippen molar-refractivity contribution in [2.45, 2.75) is 57.0 Å². The van der Waals surface area contributed by atoms with E-state index in [0.29, 0.717) is 91.0 Å². The van der Waals surface area contributed by atoms with Gasteiger partial charge >= 0.3 is 0 Å². The van der Waals surface area contributed by atoms with E-state index in [1.54, 1.807) is 36.4 Å². The average Bonchev–Trinajstić information content (AvgIpc) is 3.56. The molecule has 8 rings (SSSR count). The molecule has 4 aliphatic rings. The molecular weight excluding hydrogens is 859 g/mol. The van der Waals surface area contributed by atoms with Crippen molar-refractivity contribution >= 4 is 80.8 Å². The summed E-state index contributed by atoms with van der Waals surface area (Å²) in [5, 5.41) is 12.1. The van der Waals surface area contributed by atoms with Crippen LogP contribution < -0.4 is 26.0 Å². The molecule has 1 aromatic heterocycles. The number of piperazine rings is 1. The van der Waals surface area contributed by atoms with Crippen molar-refractivity contribution in [2.24, 2.45) is 0 Å². The molecule has 5 heterocycles. The van der Waals surface area contributed by atoms with Crippen molar-refractivity contribution in [3.63, 3.8) is 0 Å². The Hall–Kier alpha value is -6.50. The highest BCUT2D eigenvalue weighted by atomic mass is 35.5. The van der Waals surface area contributed by atoms with E-state index in [4.69, 9.17) is 16.3 Å². The van der Waals surface area contributed by atoms with E-state index in [2.05, 4.69) is 41.0 Å². The third-order valence-electron chi connectivity index (χ3n) is 12.4. The van der Waals surface area contributed by atoms with Crippen LogP contribution in [0.15, 0.2) is 67.0 Å². The van der Waals surface area contributed by atoms with E-state index in [9.17, 15) is 33.2 Å². The molecule has 19 heteroatoms. The first kappa shape index (κ1) is 45.1. The lowest BCUT2D eigenvalue weighted by Gasteiger charge is -2.42. The summed E-state index contributed by atoms with van der Waals surface area (Å²) in [6.07, 6.45) is 8.67. The number of rotatable bonds is 15. The number of unbranched alkanes of at least 4 members (excludes halogenated alkanes) is 1. The van der Waals surface area contributed by atoms with Gasteiger partial charge in [-0.1, -0.05) is 23.7 Å². The molecule has 3 fully saturated rings. The zero-order chi connectivity index (χ0) is 45.6. The Morgan fingerprint density at radius 1 is 0.938 bits per heavy atom. The number of amides is 6. The number of nitrogens with zero attached hydrogens (tertiary/aromatic N) is 6. The minimum atomic E-state index is -1.03. The number of piperidine rings is 2. The van der Waals surface area contributed by atoms with Crippen molar-refractivity contribution < 1.29 is 37.9 Å². The molecule has 4 aliphatic heterocycles. The van der Waals surface area contributed by atoms with Crippen LogP contribution in [0, 0.1) is 5.82 Å². The van der Waals surface area contributed by atoms with Gasteiger partial charge in [-0.25, -0.2) is 14.4 Å². The van der Waals surface area contributed by atoms with Crippen LogP contribution in [-0.2, 0) is 19.2 Å². The molecule has 0 saturated carbocycles. The summed E-state index contributed by atoms with van der Waals surface area (Å²) in [6, 6.07) is 12.1. The van der Waals surface area contributed by atoms with Gasteiger partial charge < -0.3 is 25.6 Å². The fraction of sp³-hybridized carbons (Fsp3) is 0.391. The Bertz CT molecular complexity index is 2540. The van der Waals surface area contributed by atoms with Gasteiger partial charge in [0.05, 0.1) is 34.5 Å². The van der Waals surface area contributed by atoms with E-state index >= 15 is 0 Å². The zero-order valence-electron chi connectivity index (χ0n) is 35.9. The van der Waals surface area contributed by atoms with Crippen LogP contribution in [0.2, 0.25) is 5.02 Å². The third kappa shape index (κ3) is 10.2. The lowest BCUT2D eigenvalue weighted by atomic mass is 10.0. The van der Waals surface area contributed by atoms with Crippen LogP contribution in [0.5, 0.6) is 5.75 Å². The topological polar surface area (TPSA) is 199 Å². The van der Waals surface area contributed by atoms with Gasteiger partial charge in [0, 0.05) is 87.1 Å². The predicted octanol–water partition coefficient (Wildman–Crippen LogP) is 4.96. The monoisotopic (exact) mass is 908 g/mol. The van der Waals surface area contributed by atoms with Crippen LogP contribution in [0.25, 0.3) is 10.9 Å². The highest BCUT2D eigenvalue weighted by molar-refractivity contribution is 6.31. The minimum Gasteiger partial charge on any atom is -0.494 e. The first-order chi connectivity index (χ1) is 31.5. The van der Waals surface area contributed by atoms with Crippen LogP contribution >= 0.6 is 11.6 Å². The SMILES string of the molecule is COc1cc2ncnc(Nc3ccc(F)c(Cl)c3)c2cc1NC(=O)/C=C/CN1CCC(N2CCN(C(=O)CCCCNc3cccc4c3C(=O)N(C3CCC(=O)NC3=O)C4=O)CC2)CC1. The lowest BCUT2D eigenvalue weighted by Crippen LogP contribution is -2.54. The van der Waals surface area contributed by atoms with E-state index < -0.39 is 35.5 Å². The Balaban J connectivity index is 0.734. The lowest BCUT2D eigenvalue weighted by molar-refractivity contribution is -0.136. The molecule has 0 radical (unpaired) electrons. The number of fused-ring (bicyclic) bond motifs is 2. The Labute approximate surface area is 379 Å². The Kier molecular flexibility index (Phi) is 14.0. The molecule has 0 aliphatic carbocycles. The highest BCUT2D eigenvalue weighted by Crippen LogP contribution is 2.35. The molecule has 0 spiro atoms. The number of aromatic nitrogens is 2. The van der Waals surface area contributed by atoms with E-state index in [-0.39, 0.29) is 40.8 Å². The fourth-order valence-electron chi connectivity index (χ4n) is 8.89. The van der Waals surface area contributed by atoms with Crippen LogP contribution in [0.4, 0.5) is 27.3 Å². The van der Waals surface area contributed by atoms with E-state index in [1.807, 2.05) is 11.0 Å². The van der Waals surface area contributed by atoms with Crippen molar-refractivity contribution in [2.75, 3.05) is 75.4 Å². The van der Waals surface area contributed by atoms with Gasteiger partial charge in [0.2, 0.25) is 23.6 Å². The second kappa shape index (κ2) is 20.1. The number of hydrogen-bond acceptors (Lipinski definition) is 13. The average molecular weight is 909 g/mol. The molecule has 3 saturated heterocycles. The number of ether oxygens (including phenoxy) is 1. The Morgan fingerprint density at radius 2 is 1.74 bits per heavy atom. The van der Waals surface area contributed by atoms with Crippen molar-refractivity contribution in [3.8, 4) is 5.75 Å². The second-order valence-electron chi connectivity index (χ2n) is 16.4. The van der Waals surface area contributed by atoms with Gasteiger partial charge in [-0.05, 0) is 81.6 Å². The fourth-order valence-corrected chi connectivity index (χ4v) is 9.07. The number of likely N-dealkylation sites (tertiary alicyclic amines) is 1. The summed E-state index contributed by atoms with van der Waals surface area (Å²) in [6.45, 7) is 5.92. The predicted molar refractivity (Wildman–Crippen MR) is 242 cm³/mol. The first-order valence-electron chi connectivity index (χ1n) is 21.8. The first-order valence-corrected chi connectivity index (χ1v) is 22.2. The van der Waals surface area contributed by atoms with E-state index in [0.717, 1.165) is 43.9 Å². The molecule has 6 amide bonds. The quantitative estimate of drug-likeness (QED) is 0.0710. The number of nitrogens with one attached hydrogen (secondary N) is 4. The molecule has 65 heavy (non-hydrogen) atoms. The van der Waals surface area contributed by atoms with Gasteiger partial charge in [0.15, 0.2) is 0 Å². The van der Waals surface area contributed by atoms with Gasteiger partial charge in [-0.2, -0.15) is 0 Å². The largest absolute Gasteiger partial charge is 0.494 e. The molecule has 340 valence electrons. The zero-order valence-corrected chi connectivity index (χ0v) is 36.7. The Morgan fingerprint density at radius 3 is 2.49 bits per heavy atom. The number of imide groups is 2. The molecular formula is C46H50ClFN10O7. The molecule has 0 bridgehead atoms. The molecule has 3 aromatic carbocycles. The van der Waals surface area contributed by atoms with Crippen LogP contribution in [0.1, 0.15) is 65.7 Å². The number of benzene rings is 3. The van der Waals surface area contributed by atoms with Crippen molar-refractivity contribution in [3.05, 3.63) is 89.0 Å². The van der Waals surface area contributed by atoms with Crippen molar-refractivity contribution in [1.82, 2.24) is 34.9 Å². The summed E-state index contributed by atoms with van der Waals surface area (Å²) < 4.78 is 19.3. The molecule has 1 atom stereocenters. The van der Waals surface area contributed by atoms with Crippen LogP contribution in [0.3, 0.4) is 0 Å². The molecule has 4 aromatic rings. The summed E-state index contributed by atoms with van der Waals surface area (Å²) in [5.74, 6) is -2.02. The normalized spacial score (nSPS) is 18.6. The molecule has 4 N–H and O–H groups in total. The van der Waals surface area contributed by atoms with E-state index in [1.165, 1.54) is 31.6 Å². The highest BCUT2D eigenvalue weighted by Gasteiger charge is 2.45. The van der Waals surface area contributed by atoms with Gasteiger partial charge in [0.1, 0.15) is 29.8 Å². The number of anilines is 4. The smallest absolute Gasteiger partial charge is 0.264 e. The summed E-state index contributed by atoms with van der Waals surface area (Å²) in [4.78, 5) is 93.1. The third-order valence-corrected chi connectivity index (χ3v) is 12.7. The maximum absolute atomic E-state index is 13.7. The standard InChI is InChI=1S/C46H50ClFN10O7/c1-65-38-26-35-31(43(51-27-50-35)52-28-10-11-33(48)32(47)24-28)25-36(38)53-39(59)8-5-17-55-18-14-29(15-19-55)56-20-22-57(23-21-56)41(61)9-2-3-16-49-34-7-4-6-30-42(34)46(64)58(45(30)63)37-12-13-40(60)54-44(37)62/h4-8,10-11,24-27,29,37,49H,2-3,9,12-23H2,1H3,(H,53,59)(H,50,51,52)(H,54,60,62)/b8-5+.